The van der Waals surface area contributed by atoms with Crippen molar-refractivity contribution >= 4 is 33.2 Å². The minimum absolute atomic E-state index is 0.0122. The van der Waals surface area contributed by atoms with Crippen LogP contribution in [0.1, 0.15) is 79.0 Å². The van der Waals surface area contributed by atoms with E-state index in [0.29, 0.717) is 0 Å². The van der Waals surface area contributed by atoms with Gasteiger partial charge >= 0.3 is 0 Å². The highest BCUT2D eigenvalue weighted by Gasteiger charge is 2.23. The van der Waals surface area contributed by atoms with Crippen LogP contribution in [0.4, 0.5) is 11.4 Å². The normalized spacial score (nSPS) is 12.5. The molecule has 1 heterocycles. The van der Waals surface area contributed by atoms with E-state index in [9.17, 15) is 0 Å². The third-order valence-corrected chi connectivity index (χ3v) is 10.0. The molecule has 0 saturated heterocycles. The van der Waals surface area contributed by atoms with E-state index in [1.54, 1.807) is 0 Å². The van der Waals surface area contributed by atoms with Gasteiger partial charge in [0.1, 0.15) is 0 Å². The molecule has 0 aliphatic heterocycles. The molecule has 1 aromatic heterocycles. The minimum Gasteiger partial charge on any atom is -0.354 e. The standard InChI is InChI=1S/C48H50N2/c1-46(2,3)34-23-25-43-41(27-34)42-28-35(47(4,5)6)24-26-44(42)50(43)38-22-16-21-37(31-38)49-45-39(32-17-12-10-13-18-32)29-36(48(7,8)9)30-40(45)33-19-14-11-15-20-33/h10-31,49H,1-9H3. The van der Waals surface area contributed by atoms with Gasteiger partial charge in [-0.15, -0.1) is 0 Å². The Morgan fingerprint density at radius 1 is 0.420 bits per heavy atom. The number of fused-ring (bicyclic) bond motifs is 3. The molecule has 1 N–H and O–H groups in total. The van der Waals surface area contributed by atoms with Gasteiger partial charge in [-0.25, -0.2) is 0 Å². The molecule has 0 fully saturated rings. The molecule has 6 aromatic carbocycles. The van der Waals surface area contributed by atoms with E-state index in [1.165, 1.54) is 60.8 Å². The van der Waals surface area contributed by atoms with Gasteiger partial charge in [0.15, 0.2) is 0 Å². The molecule has 7 aromatic rings. The molecule has 0 aliphatic carbocycles. The molecular weight excluding hydrogens is 605 g/mol. The van der Waals surface area contributed by atoms with Gasteiger partial charge in [-0.05, 0) is 98.7 Å². The molecule has 0 bridgehead atoms. The quantitative estimate of drug-likeness (QED) is 0.195. The van der Waals surface area contributed by atoms with Crippen molar-refractivity contribution in [3.63, 3.8) is 0 Å². The predicted octanol–water partition coefficient (Wildman–Crippen LogP) is 13.8. The van der Waals surface area contributed by atoms with Crippen molar-refractivity contribution in [3.8, 4) is 27.9 Å². The molecule has 0 radical (unpaired) electrons. The molecular formula is C48H50N2. The number of aromatic nitrogens is 1. The maximum absolute atomic E-state index is 3.96. The van der Waals surface area contributed by atoms with E-state index in [1.807, 2.05) is 0 Å². The van der Waals surface area contributed by atoms with Gasteiger partial charge < -0.3 is 9.88 Å². The van der Waals surface area contributed by atoms with Gasteiger partial charge in [-0.3, -0.25) is 0 Å². The summed E-state index contributed by atoms with van der Waals surface area (Å²) in [6.07, 6.45) is 0. The molecule has 0 aliphatic rings. The Morgan fingerprint density at radius 3 is 1.32 bits per heavy atom. The summed E-state index contributed by atoms with van der Waals surface area (Å²) < 4.78 is 2.44. The Bertz CT molecular complexity index is 2190. The second kappa shape index (κ2) is 12.4. The van der Waals surface area contributed by atoms with Crippen molar-refractivity contribution in [2.45, 2.75) is 78.6 Å². The largest absolute Gasteiger partial charge is 0.354 e. The zero-order chi connectivity index (χ0) is 35.4. The average molecular weight is 655 g/mol. The molecule has 50 heavy (non-hydrogen) atoms. The first-order valence-corrected chi connectivity index (χ1v) is 17.9. The summed E-state index contributed by atoms with van der Waals surface area (Å²) in [6.45, 7) is 20.7. The van der Waals surface area contributed by atoms with E-state index in [0.717, 1.165) is 17.1 Å². The topological polar surface area (TPSA) is 17.0 Å². The van der Waals surface area contributed by atoms with E-state index in [-0.39, 0.29) is 16.2 Å². The van der Waals surface area contributed by atoms with Gasteiger partial charge in [-0.1, -0.05) is 141 Å². The summed E-state index contributed by atoms with van der Waals surface area (Å²) in [4.78, 5) is 0. The van der Waals surface area contributed by atoms with E-state index in [2.05, 4.69) is 206 Å². The zero-order valence-electron chi connectivity index (χ0n) is 31.1. The van der Waals surface area contributed by atoms with Crippen molar-refractivity contribution in [2.24, 2.45) is 0 Å². The monoisotopic (exact) mass is 654 g/mol. The number of anilines is 2. The minimum atomic E-state index is -0.0122. The SMILES string of the molecule is CC(C)(C)c1cc(-c2ccccc2)c(Nc2cccc(-n3c4ccc(C(C)(C)C)cc4c4cc(C(C)(C)C)ccc43)c2)c(-c2ccccc2)c1. The van der Waals surface area contributed by atoms with Crippen LogP contribution in [0.3, 0.4) is 0 Å². The molecule has 0 amide bonds. The second-order valence-electron chi connectivity index (χ2n) is 16.9. The zero-order valence-corrected chi connectivity index (χ0v) is 31.1. The molecule has 0 saturated carbocycles. The highest BCUT2D eigenvalue weighted by atomic mass is 15.0. The van der Waals surface area contributed by atoms with Crippen LogP contribution in [0.5, 0.6) is 0 Å². The predicted molar refractivity (Wildman–Crippen MR) is 217 cm³/mol. The van der Waals surface area contributed by atoms with Crippen LogP contribution in [-0.4, -0.2) is 4.57 Å². The van der Waals surface area contributed by atoms with E-state index in [4.69, 9.17) is 0 Å². The third kappa shape index (κ3) is 6.36. The fourth-order valence-corrected chi connectivity index (χ4v) is 7.00. The molecule has 252 valence electrons. The fraction of sp³-hybridized carbons (Fsp3) is 0.250. The number of rotatable bonds is 5. The first kappa shape index (κ1) is 33.4. The Labute approximate surface area is 298 Å². The Morgan fingerprint density at radius 2 is 0.880 bits per heavy atom. The maximum atomic E-state index is 3.96. The van der Waals surface area contributed by atoms with Crippen LogP contribution in [0, 0.1) is 0 Å². The molecule has 0 atom stereocenters. The summed E-state index contributed by atoms with van der Waals surface area (Å²) in [7, 11) is 0. The number of benzene rings is 6. The van der Waals surface area contributed by atoms with Crippen molar-refractivity contribution in [2.75, 3.05) is 5.32 Å². The molecule has 2 nitrogen and oxygen atoms in total. The summed E-state index contributed by atoms with van der Waals surface area (Å²) in [6, 6.07) is 49.3. The number of hydrogen-bond donors (Lipinski definition) is 1. The van der Waals surface area contributed by atoms with Gasteiger partial charge in [0.2, 0.25) is 0 Å². The Balaban J connectivity index is 1.44. The van der Waals surface area contributed by atoms with Gasteiger partial charge in [0.05, 0.1) is 16.7 Å². The summed E-state index contributed by atoms with van der Waals surface area (Å²) in [5, 5.41) is 6.56. The summed E-state index contributed by atoms with van der Waals surface area (Å²) >= 11 is 0. The average Bonchev–Trinajstić information content (AvgIpc) is 3.41. The molecule has 0 spiro atoms. The van der Waals surface area contributed by atoms with E-state index < -0.39 is 0 Å². The fourth-order valence-electron chi connectivity index (χ4n) is 7.00. The lowest BCUT2D eigenvalue weighted by Crippen LogP contribution is -2.12. The van der Waals surface area contributed by atoms with Crippen molar-refractivity contribution in [1.29, 1.82) is 0 Å². The van der Waals surface area contributed by atoms with Crippen LogP contribution >= 0.6 is 0 Å². The van der Waals surface area contributed by atoms with Crippen molar-refractivity contribution in [3.05, 3.63) is 150 Å². The van der Waals surface area contributed by atoms with Gasteiger partial charge in [0.25, 0.3) is 0 Å². The lowest BCUT2D eigenvalue weighted by atomic mass is 9.82. The molecule has 0 unspecified atom stereocenters. The summed E-state index contributed by atoms with van der Waals surface area (Å²) in [5.74, 6) is 0. The van der Waals surface area contributed by atoms with Crippen molar-refractivity contribution < 1.29 is 0 Å². The van der Waals surface area contributed by atoms with E-state index >= 15 is 0 Å². The summed E-state index contributed by atoms with van der Waals surface area (Å²) in [5.41, 5.74) is 14.6. The van der Waals surface area contributed by atoms with Crippen LogP contribution in [0.25, 0.3) is 49.7 Å². The number of nitrogens with zero attached hydrogens (tertiary/aromatic N) is 1. The maximum Gasteiger partial charge on any atom is 0.0543 e. The first-order chi connectivity index (χ1) is 23.7. The van der Waals surface area contributed by atoms with Gasteiger partial charge in [0, 0.05) is 33.3 Å². The molecule has 2 heteroatoms. The van der Waals surface area contributed by atoms with Crippen molar-refractivity contribution in [1.82, 2.24) is 4.57 Å². The van der Waals surface area contributed by atoms with Crippen LogP contribution < -0.4 is 5.32 Å². The highest BCUT2D eigenvalue weighted by molar-refractivity contribution is 6.10. The Kier molecular flexibility index (Phi) is 8.26. The van der Waals surface area contributed by atoms with Crippen LogP contribution in [0.15, 0.2) is 133 Å². The van der Waals surface area contributed by atoms with Crippen LogP contribution in [-0.2, 0) is 16.2 Å². The Hall–Kier alpha value is -5.08. The number of nitrogens with one attached hydrogen (secondary N) is 1. The lowest BCUT2D eigenvalue weighted by molar-refractivity contribution is 0.590. The lowest BCUT2D eigenvalue weighted by Gasteiger charge is -2.25. The van der Waals surface area contributed by atoms with Crippen LogP contribution in [0.2, 0.25) is 0 Å². The molecule has 7 rings (SSSR count). The van der Waals surface area contributed by atoms with Gasteiger partial charge in [-0.2, -0.15) is 0 Å². The second-order valence-corrected chi connectivity index (χ2v) is 16.9. The smallest absolute Gasteiger partial charge is 0.0543 e. The highest BCUT2D eigenvalue weighted by Crippen LogP contribution is 2.43. The first-order valence-electron chi connectivity index (χ1n) is 17.9. The number of hydrogen-bond acceptors (Lipinski definition) is 1. The third-order valence-electron chi connectivity index (χ3n) is 10.0.